The summed E-state index contributed by atoms with van der Waals surface area (Å²) in [4.78, 5) is 11.6. The number of nitrogens with two attached hydrogens (primary N) is 1. The Morgan fingerprint density at radius 3 is 2.71 bits per heavy atom. The largest absolute Gasteiger partial charge is 0.481 e. The van der Waals surface area contributed by atoms with Gasteiger partial charge in [-0.25, -0.2) is 0 Å². The number of carbonyl (C=O) groups is 1. The zero-order valence-corrected chi connectivity index (χ0v) is 12.4. The Morgan fingerprint density at radius 1 is 1.43 bits per heavy atom. The van der Waals surface area contributed by atoms with E-state index in [1.165, 1.54) is 0 Å². The molecule has 1 aliphatic rings. The van der Waals surface area contributed by atoms with E-state index in [-0.39, 0.29) is 18.8 Å². The Hall–Kier alpha value is -1.08. The van der Waals surface area contributed by atoms with Gasteiger partial charge < -0.3 is 20.9 Å². The van der Waals surface area contributed by atoms with Crippen LogP contribution in [0, 0.1) is 5.92 Å². The minimum Gasteiger partial charge on any atom is -0.481 e. The van der Waals surface area contributed by atoms with Crippen molar-refractivity contribution in [2.24, 2.45) is 11.7 Å². The second-order valence-electron chi connectivity index (χ2n) is 5.54. The van der Waals surface area contributed by atoms with Crippen LogP contribution in [0.5, 0.6) is 0 Å². The van der Waals surface area contributed by atoms with Gasteiger partial charge in [0.2, 0.25) is 0 Å². The average Bonchev–Trinajstić information content (AvgIpc) is 2.74. The smallest absolute Gasteiger partial charge is 0.451 e. The summed E-state index contributed by atoms with van der Waals surface area (Å²) >= 11 is 6.14. The lowest BCUT2D eigenvalue weighted by molar-refractivity contribution is -0.139. The Kier molecular flexibility index (Phi) is 5.27. The molecule has 0 aromatic heterocycles. The summed E-state index contributed by atoms with van der Waals surface area (Å²) in [5.41, 5.74) is 8.14. The molecule has 0 unspecified atom stereocenters. The first-order chi connectivity index (χ1) is 9.93. The minimum atomic E-state index is -1.34. The second kappa shape index (κ2) is 6.79. The first kappa shape index (κ1) is 16.3. The first-order valence-corrected chi connectivity index (χ1v) is 7.42. The minimum absolute atomic E-state index is 0.0414. The fourth-order valence-corrected chi connectivity index (χ4v) is 3.38. The van der Waals surface area contributed by atoms with Gasteiger partial charge in [-0.05, 0) is 47.8 Å². The van der Waals surface area contributed by atoms with E-state index in [4.69, 9.17) is 27.4 Å². The lowest BCUT2D eigenvalue weighted by Gasteiger charge is -2.16. The Morgan fingerprint density at radius 2 is 2.14 bits per heavy atom. The van der Waals surface area contributed by atoms with E-state index < -0.39 is 19.0 Å². The quantitative estimate of drug-likeness (QED) is 0.594. The van der Waals surface area contributed by atoms with Crippen LogP contribution in [-0.4, -0.2) is 28.2 Å². The molecule has 0 spiro atoms. The molecule has 0 heterocycles. The van der Waals surface area contributed by atoms with E-state index in [0.717, 1.165) is 16.7 Å². The molecule has 0 bridgehead atoms. The first-order valence-electron chi connectivity index (χ1n) is 7.04. The van der Waals surface area contributed by atoms with Crippen LogP contribution in [0.1, 0.15) is 35.4 Å². The van der Waals surface area contributed by atoms with Crippen molar-refractivity contribution in [3.8, 4) is 0 Å². The number of rotatable bonds is 6. The van der Waals surface area contributed by atoms with Gasteiger partial charge >= 0.3 is 13.1 Å². The molecule has 5 N–H and O–H groups in total. The Labute approximate surface area is 128 Å². The van der Waals surface area contributed by atoms with E-state index in [0.29, 0.717) is 24.3 Å². The molecule has 5 nitrogen and oxygen atoms in total. The molecule has 2 atom stereocenters. The fraction of sp³-hybridized carbons (Fsp3) is 0.500. The molecule has 1 aliphatic carbocycles. The molecule has 0 fully saturated rings. The number of carboxylic acids is 1. The average molecular weight is 312 g/mol. The zero-order chi connectivity index (χ0) is 15.6. The number of halogens is 1. The van der Waals surface area contributed by atoms with Gasteiger partial charge in [-0.15, -0.1) is 0 Å². The number of aliphatic carboxylic acids is 1. The summed E-state index contributed by atoms with van der Waals surface area (Å²) in [7, 11) is -1.34. The molecule has 0 aliphatic heterocycles. The van der Waals surface area contributed by atoms with Gasteiger partial charge in [-0.1, -0.05) is 24.1 Å². The van der Waals surface area contributed by atoms with E-state index in [2.05, 4.69) is 0 Å². The second-order valence-corrected chi connectivity index (χ2v) is 5.95. The summed E-state index contributed by atoms with van der Waals surface area (Å²) < 4.78 is 0. The molecule has 1 aromatic rings. The summed E-state index contributed by atoms with van der Waals surface area (Å²) in [5, 5.41) is 27.9. The third-order valence-corrected chi connectivity index (χ3v) is 4.47. The maximum atomic E-state index is 11.6. The number of hydrogen-bond acceptors (Lipinski definition) is 4. The molecule has 21 heavy (non-hydrogen) atoms. The van der Waals surface area contributed by atoms with Crippen LogP contribution >= 0.6 is 11.6 Å². The lowest BCUT2D eigenvalue weighted by atomic mass is 9.80. The highest BCUT2D eigenvalue weighted by Gasteiger charge is 2.37. The van der Waals surface area contributed by atoms with Crippen LogP contribution in [0.25, 0.3) is 0 Å². The van der Waals surface area contributed by atoms with Gasteiger partial charge in [0.05, 0.1) is 5.92 Å². The summed E-state index contributed by atoms with van der Waals surface area (Å²) in [6.45, 7) is 0.278. The molecule has 1 aromatic carbocycles. The highest BCUT2D eigenvalue weighted by molar-refractivity contribution is 6.40. The predicted octanol–water partition coefficient (Wildman–Crippen LogP) is 1.39. The van der Waals surface area contributed by atoms with Crippen molar-refractivity contribution in [3.63, 3.8) is 0 Å². The molecule has 0 amide bonds. The predicted molar refractivity (Wildman–Crippen MR) is 81.1 cm³/mol. The monoisotopic (exact) mass is 311 g/mol. The van der Waals surface area contributed by atoms with Crippen molar-refractivity contribution in [3.05, 3.63) is 33.8 Å². The summed E-state index contributed by atoms with van der Waals surface area (Å²) in [5.74, 6) is -1.47. The SMILES string of the molecule is NCc1cc2c(cc1Cl)C[C@H](CCCB(O)O)[C@@H]2C(=O)O. The molecule has 2 rings (SSSR count). The number of carboxylic acid groups (broad SMARTS) is 1. The lowest BCUT2D eigenvalue weighted by Crippen LogP contribution is -2.19. The highest BCUT2D eigenvalue weighted by Crippen LogP contribution is 2.42. The van der Waals surface area contributed by atoms with Gasteiger partial charge in [0.1, 0.15) is 0 Å². The molecular formula is C14H19BClNO4. The van der Waals surface area contributed by atoms with Crippen LogP contribution in [0.15, 0.2) is 12.1 Å². The number of benzene rings is 1. The Bertz CT molecular complexity index is 538. The van der Waals surface area contributed by atoms with Crippen LogP contribution in [-0.2, 0) is 17.8 Å². The third kappa shape index (κ3) is 3.58. The topological polar surface area (TPSA) is 104 Å². The van der Waals surface area contributed by atoms with Crippen molar-refractivity contribution in [2.45, 2.75) is 38.0 Å². The Balaban J connectivity index is 2.21. The van der Waals surface area contributed by atoms with Gasteiger partial charge in [0.15, 0.2) is 0 Å². The van der Waals surface area contributed by atoms with Crippen LogP contribution in [0.2, 0.25) is 11.3 Å². The zero-order valence-electron chi connectivity index (χ0n) is 11.6. The molecule has 0 saturated heterocycles. The molecule has 0 saturated carbocycles. The van der Waals surface area contributed by atoms with E-state index in [1.54, 1.807) is 6.07 Å². The van der Waals surface area contributed by atoms with Gasteiger partial charge in [0.25, 0.3) is 0 Å². The van der Waals surface area contributed by atoms with Crippen molar-refractivity contribution in [1.82, 2.24) is 0 Å². The van der Waals surface area contributed by atoms with Crippen molar-refractivity contribution in [2.75, 3.05) is 0 Å². The van der Waals surface area contributed by atoms with Gasteiger partial charge in [0, 0.05) is 11.6 Å². The molecule has 7 heteroatoms. The van der Waals surface area contributed by atoms with Crippen LogP contribution in [0.3, 0.4) is 0 Å². The standard InChI is InChI=1S/C14H19BClNO4/c16-12-6-9-4-8(2-1-3-15(20)21)13(14(18)19)11(9)5-10(12)7-17/h5-6,8,13,20-21H,1-4,7,17H2,(H,18,19)/t8-,13-/m0/s1. The van der Waals surface area contributed by atoms with Crippen molar-refractivity contribution >= 4 is 24.7 Å². The molecule has 0 radical (unpaired) electrons. The third-order valence-electron chi connectivity index (χ3n) is 4.12. The maximum absolute atomic E-state index is 11.6. The number of hydrogen-bond donors (Lipinski definition) is 4. The summed E-state index contributed by atoms with van der Waals surface area (Å²) in [6.07, 6.45) is 2.13. The fourth-order valence-electron chi connectivity index (χ4n) is 3.12. The van der Waals surface area contributed by atoms with E-state index >= 15 is 0 Å². The van der Waals surface area contributed by atoms with Crippen molar-refractivity contribution in [1.29, 1.82) is 0 Å². The van der Waals surface area contributed by atoms with Crippen LogP contribution < -0.4 is 5.73 Å². The van der Waals surface area contributed by atoms with E-state index in [1.807, 2.05) is 6.07 Å². The van der Waals surface area contributed by atoms with Crippen LogP contribution in [0.4, 0.5) is 0 Å². The molecule has 114 valence electrons. The number of fused-ring (bicyclic) bond motifs is 1. The molecular weight excluding hydrogens is 292 g/mol. The maximum Gasteiger partial charge on any atom is 0.451 e. The normalized spacial score (nSPS) is 20.4. The highest BCUT2D eigenvalue weighted by atomic mass is 35.5. The van der Waals surface area contributed by atoms with E-state index in [9.17, 15) is 9.90 Å². The van der Waals surface area contributed by atoms with Crippen molar-refractivity contribution < 1.29 is 19.9 Å². The summed E-state index contributed by atoms with van der Waals surface area (Å²) in [6, 6.07) is 3.62. The van der Waals surface area contributed by atoms with Gasteiger partial charge in [-0.2, -0.15) is 0 Å². The van der Waals surface area contributed by atoms with Gasteiger partial charge in [-0.3, -0.25) is 4.79 Å².